The van der Waals surface area contributed by atoms with Gasteiger partial charge in [0.05, 0.1) is 11.0 Å². The van der Waals surface area contributed by atoms with E-state index in [2.05, 4.69) is 21.8 Å². The minimum atomic E-state index is 0. The zero-order chi connectivity index (χ0) is 13.9. The summed E-state index contributed by atoms with van der Waals surface area (Å²) in [6, 6.07) is 8.01. The van der Waals surface area contributed by atoms with Gasteiger partial charge in [-0.15, -0.1) is 12.4 Å². The molecule has 21 heavy (non-hydrogen) atoms. The number of hydrogen-bond donors (Lipinski definition) is 1. The summed E-state index contributed by atoms with van der Waals surface area (Å²) >= 11 is 0. The number of imidazole rings is 1. The third-order valence-corrected chi connectivity index (χ3v) is 3.81. The van der Waals surface area contributed by atoms with Crippen molar-refractivity contribution in [3.8, 4) is 0 Å². The van der Waals surface area contributed by atoms with Gasteiger partial charge in [0.25, 0.3) is 0 Å². The van der Waals surface area contributed by atoms with E-state index in [1.807, 2.05) is 29.2 Å². The Morgan fingerprint density at radius 2 is 2.00 bits per heavy atom. The van der Waals surface area contributed by atoms with Crippen molar-refractivity contribution in [2.24, 2.45) is 0 Å². The second-order valence-corrected chi connectivity index (χ2v) is 5.09. The van der Waals surface area contributed by atoms with Gasteiger partial charge in [-0.2, -0.15) is 0 Å². The Hall–Kier alpha value is -1.59. The number of carbonyl (C=O) groups excluding carboxylic acids is 1. The summed E-state index contributed by atoms with van der Waals surface area (Å²) in [5.41, 5.74) is 2.02. The number of fused-ring (bicyclic) bond motifs is 1. The van der Waals surface area contributed by atoms with Crippen LogP contribution in [0.15, 0.2) is 24.3 Å². The molecule has 1 aliphatic heterocycles. The van der Waals surface area contributed by atoms with Gasteiger partial charge in [0, 0.05) is 32.6 Å². The fraction of sp³-hybridized carbons (Fsp3) is 0.467. The van der Waals surface area contributed by atoms with Crippen LogP contribution in [0.25, 0.3) is 11.0 Å². The fourth-order valence-corrected chi connectivity index (χ4v) is 2.72. The molecule has 0 unspecified atom stereocenters. The van der Waals surface area contributed by atoms with Crippen LogP contribution in [-0.2, 0) is 17.8 Å². The van der Waals surface area contributed by atoms with Crippen LogP contribution in [0.1, 0.15) is 12.7 Å². The van der Waals surface area contributed by atoms with Gasteiger partial charge in [0.15, 0.2) is 0 Å². The number of piperazine rings is 1. The number of aromatic nitrogens is 2. The molecule has 1 aliphatic rings. The average Bonchev–Trinajstić information content (AvgIpc) is 2.86. The summed E-state index contributed by atoms with van der Waals surface area (Å²) < 4.78 is 2.06. The standard InChI is InChI=1S/C15H20N4O.ClH/c1-2-14-17-12-5-3-4-6-13(12)19(14)11-15(20)18-9-7-16-8-10-18;/h3-6,16H,2,7-11H2,1H3;1H. The highest BCUT2D eigenvalue weighted by atomic mass is 35.5. The fourth-order valence-electron chi connectivity index (χ4n) is 2.72. The van der Waals surface area contributed by atoms with Gasteiger partial charge in [-0.1, -0.05) is 19.1 Å². The molecule has 0 spiro atoms. The lowest BCUT2D eigenvalue weighted by Crippen LogP contribution is -2.47. The van der Waals surface area contributed by atoms with Crippen LogP contribution in [0, 0.1) is 0 Å². The van der Waals surface area contributed by atoms with Crippen molar-refractivity contribution < 1.29 is 4.79 Å². The van der Waals surface area contributed by atoms with E-state index in [1.54, 1.807) is 0 Å². The molecule has 1 N–H and O–H groups in total. The van der Waals surface area contributed by atoms with Crippen molar-refractivity contribution in [3.05, 3.63) is 30.1 Å². The minimum Gasteiger partial charge on any atom is -0.339 e. The Balaban J connectivity index is 0.00000161. The van der Waals surface area contributed by atoms with Crippen LogP contribution in [0.2, 0.25) is 0 Å². The Kier molecular flexibility index (Phi) is 5.20. The summed E-state index contributed by atoms with van der Waals surface area (Å²) in [6.45, 7) is 5.84. The number of hydrogen-bond acceptors (Lipinski definition) is 3. The minimum absolute atomic E-state index is 0. The zero-order valence-electron chi connectivity index (χ0n) is 12.2. The zero-order valence-corrected chi connectivity index (χ0v) is 13.0. The van der Waals surface area contributed by atoms with Gasteiger partial charge in [0.1, 0.15) is 12.4 Å². The van der Waals surface area contributed by atoms with Crippen LogP contribution < -0.4 is 5.32 Å². The van der Waals surface area contributed by atoms with E-state index in [9.17, 15) is 4.79 Å². The predicted molar refractivity (Wildman–Crippen MR) is 85.8 cm³/mol. The van der Waals surface area contributed by atoms with Crippen LogP contribution in [0.4, 0.5) is 0 Å². The second kappa shape index (κ2) is 6.91. The molecule has 6 heteroatoms. The highest BCUT2D eigenvalue weighted by Gasteiger charge is 2.18. The summed E-state index contributed by atoms with van der Waals surface area (Å²) in [5, 5.41) is 3.27. The molecule has 2 aromatic rings. The Labute approximate surface area is 130 Å². The molecular formula is C15H21ClN4O. The lowest BCUT2D eigenvalue weighted by atomic mass is 10.3. The van der Waals surface area contributed by atoms with Gasteiger partial charge < -0.3 is 14.8 Å². The average molecular weight is 309 g/mol. The number of amides is 1. The van der Waals surface area contributed by atoms with Crippen LogP contribution in [0.5, 0.6) is 0 Å². The maximum absolute atomic E-state index is 12.4. The third kappa shape index (κ3) is 3.19. The van der Waals surface area contributed by atoms with E-state index >= 15 is 0 Å². The monoisotopic (exact) mass is 308 g/mol. The molecule has 0 saturated carbocycles. The molecule has 0 bridgehead atoms. The van der Waals surface area contributed by atoms with E-state index in [0.717, 1.165) is 49.5 Å². The van der Waals surface area contributed by atoms with Gasteiger partial charge >= 0.3 is 0 Å². The number of benzene rings is 1. The van der Waals surface area contributed by atoms with E-state index in [1.165, 1.54) is 0 Å². The Morgan fingerprint density at radius 3 is 2.71 bits per heavy atom. The highest BCUT2D eigenvalue weighted by molar-refractivity contribution is 5.85. The van der Waals surface area contributed by atoms with Crippen molar-refractivity contribution in [2.45, 2.75) is 19.9 Å². The number of para-hydroxylation sites is 2. The predicted octanol–water partition coefficient (Wildman–Crippen LogP) is 1.45. The number of nitrogens with zero attached hydrogens (tertiary/aromatic N) is 3. The topological polar surface area (TPSA) is 50.2 Å². The maximum atomic E-state index is 12.4. The lowest BCUT2D eigenvalue weighted by molar-refractivity contribution is -0.132. The summed E-state index contributed by atoms with van der Waals surface area (Å²) in [6.07, 6.45) is 0.837. The quantitative estimate of drug-likeness (QED) is 0.934. The molecule has 3 rings (SSSR count). The van der Waals surface area contributed by atoms with Crippen molar-refractivity contribution in [3.63, 3.8) is 0 Å². The molecule has 2 heterocycles. The van der Waals surface area contributed by atoms with Crippen molar-refractivity contribution in [1.29, 1.82) is 0 Å². The summed E-state index contributed by atoms with van der Waals surface area (Å²) in [4.78, 5) is 19.0. The van der Waals surface area contributed by atoms with Crippen molar-refractivity contribution >= 4 is 29.3 Å². The van der Waals surface area contributed by atoms with Crippen LogP contribution in [-0.4, -0.2) is 46.5 Å². The van der Waals surface area contributed by atoms with Gasteiger partial charge in [0.2, 0.25) is 5.91 Å². The molecule has 1 aromatic heterocycles. The van der Waals surface area contributed by atoms with Gasteiger partial charge in [-0.25, -0.2) is 4.98 Å². The van der Waals surface area contributed by atoms with E-state index in [-0.39, 0.29) is 18.3 Å². The van der Waals surface area contributed by atoms with Crippen molar-refractivity contribution in [2.75, 3.05) is 26.2 Å². The van der Waals surface area contributed by atoms with Gasteiger partial charge in [-0.3, -0.25) is 4.79 Å². The van der Waals surface area contributed by atoms with E-state index < -0.39 is 0 Å². The molecule has 1 fully saturated rings. The number of carbonyl (C=O) groups is 1. The highest BCUT2D eigenvalue weighted by Crippen LogP contribution is 2.16. The number of aryl methyl sites for hydroxylation is 1. The third-order valence-electron chi connectivity index (χ3n) is 3.81. The van der Waals surface area contributed by atoms with E-state index in [4.69, 9.17) is 0 Å². The molecule has 5 nitrogen and oxygen atoms in total. The van der Waals surface area contributed by atoms with Crippen molar-refractivity contribution in [1.82, 2.24) is 19.8 Å². The number of rotatable bonds is 3. The molecule has 0 aliphatic carbocycles. The first-order chi connectivity index (χ1) is 9.79. The first kappa shape index (κ1) is 15.8. The summed E-state index contributed by atoms with van der Waals surface area (Å²) in [7, 11) is 0. The van der Waals surface area contributed by atoms with Crippen LogP contribution in [0.3, 0.4) is 0 Å². The lowest BCUT2D eigenvalue weighted by Gasteiger charge is -2.27. The molecule has 114 valence electrons. The Bertz CT molecular complexity index is 619. The molecular weight excluding hydrogens is 288 g/mol. The molecule has 1 aromatic carbocycles. The maximum Gasteiger partial charge on any atom is 0.242 e. The second-order valence-electron chi connectivity index (χ2n) is 5.09. The molecule has 0 radical (unpaired) electrons. The Morgan fingerprint density at radius 1 is 1.29 bits per heavy atom. The molecule has 0 atom stereocenters. The first-order valence-corrected chi connectivity index (χ1v) is 7.22. The largest absolute Gasteiger partial charge is 0.339 e. The number of halogens is 1. The SMILES string of the molecule is CCc1nc2ccccc2n1CC(=O)N1CCNCC1.Cl. The normalized spacial score (nSPS) is 15.0. The van der Waals surface area contributed by atoms with Crippen LogP contribution >= 0.6 is 12.4 Å². The smallest absolute Gasteiger partial charge is 0.242 e. The molecule has 1 saturated heterocycles. The first-order valence-electron chi connectivity index (χ1n) is 7.22. The van der Waals surface area contributed by atoms with E-state index in [0.29, 0.717) is 6.54 Å². The number of nitrogens with one attached hydrogen (secondary N) is 1. The molecule has 1 amide bonds. The van der Waals surface area contributed by atoms with Gasteiger partial charge in [-0.05, 0) is 12.1 Å². The summed E-state index contributed by atoms with van der Waals surface area (Å²) in [5.74, 6) is 1.17.